The van der Waals surface area contributed by atoms with Gasteiger partial charge in [0.2, 0.25) is 0 Å². The minimum Gasteiger partial charge on any atom is -0.323 e. The van der Waals surface area contributed by atoms with E-state index in [0.717, 1.165) is 11.1 Å². The van der Waals surface area contributed by atoms with Crippen molar-refractivity contribution in [1.82, 2.24) is 9.55 Å². The van der Waals surface area contributed by atoms with Crippen LogP contribution in [0, 0.1) is 0 Å². The van der Waals surface area contributed by atoms with Gasteiger partial charge in [-0.25, -0.2) is 4.98 Å². The zero-order valence-electron chi connectivity index (χ0n) is 10.7. The summed E-state index contributed by atoms with van der Waals surface area (Å²) >= 11 is 7.59. The molecule has 0 unspecified atom stereocenters. The van der Waals surface area contributed by atoms with E-state index in [0.29, 0.717) is 16.2 Å². The van der Waals surface area contributed by atoms with Crippen molar-refractivity contribution in [1.29, 1.82) is 0 Å². The van der Waals surface area contributed by atoms with Crippen LogP contribution in [0.4, 0.5) is 0 Å². The Kier molecular flexibility index (Phi) is 3.33. The van der Waals surface area contributed by atoms with Gasteiger partial charge in [-0.2, -0.15) is 0 Å². The molecule has 0 aliphatic rings. The summed E-state index contributed by atoms with van der Waals surface area (Å²) < 4.78 is 1.54. The Hall–Kier alpha value is -1.69. The molecule has 0 aliphatic carbocycles. The van der Waals surface area contributed by atoms with Crippen LogP contribution in [-0.2, 0) is 0 Å². The lowest BCUT2D eigenvalue weighted by Gasteiger charge is -2.15. The molecule has 0 aliphatic heterocycles. The summed E-state index contributed by atoms with van der Waals surface area (Å²) in [5.74, 6) is 0.578. The van der Waals surface area contributed by atoms with Gasteiger partial charge in [0.15, 0.2) is 5.82 Å². The Morgan fingerprint density at radius 3 is 2.90 bits per heavy atom. The molecule has 1 aromatic carbocycles. The van der Waals surface area contributed by atoms with Gasteiger partial charge in [0, 0.05) is 17.1 Å². The molecule has 1 atom stereocenters. The molecule has 0 saturated carbocycles. The van der Waals surface area contributed by atoms with E-state index < -0.39 is 0 Å². The largest absolute Gasteiger partial charge is 0.323 e. The minimum absolute atomic E-state index is 0.189. The van der Waals surface area contributed by atoms with Gasteiger partial charge < -0.3 is 5.73 Å². The molecule has 4 nitrogen and oxygen atoms in total. The third kappa shape index (κ3) is 2.04. The first-order chi connectivity index (χ1) is 9.59. The van der Waals surface area contributed by atoms with Gasteiger partial charge in [-0.1, -0.05) is 23.7 Å². The molecular formula is C14H12ClN3OS. The van der Waals surface area contributed by atoms with Crippen molar-refractivity contribution in [3.63, 3.8) is 0 Å². The van der Waals surface area contributed by atoms with Crippen LogP contribution in [0.25, 0.3) is 16.6 Å². The summed E-state index contributed by atoms with van der Waals surface area (Å²) in [6, 6.07) is 7.00. The normalized spacial score (nSPS) is 12.8. The van der Waals surface area contributed by atoms with Crippen molar-refractivity contribution in [2.45, 2.75) is 13.0 Å². The maximum atomic E-state index is 12.8. The Balaban J connectivity index is 2.48. The quantitative estimate of drug-likeness (QED) is 0.791. The van der Waals surface area contributed by atoms with E-state index in [2.05, 4.69) is 4.98 Å². The SMILES string of the molecule is C[C@H](N)c1cc2cccc(Cl)c2c(=O)n1-c1cscn1. The van der Waals surface area contributed by atoms with Gasteiger partial charge in [0.1, 0.15) is 0 Å². The van der Waals surface area contributed by atoms with Gasteiger partial charge >= 0.3 is 0 Å². The Morgan fingerprint density at radius 2 is 2.25 bits per heavy atom. The second kappa shape index (κ2) is 5.01. The molecule has 102 valence electrons. The molecule has 20 heavy (non-hydrogen) atoms. The predicted molar refractivity (Wildman–Crippen MR) is 82.8 cm³/mol. The van der Waals surface area contributed by atoms with Crippen LogP contribution in [0.5, 0.6) is 0 Å². The van der Waals surface area contributed by atoms with Gasteiger partial charge in [-0.3, -0.25) is 9.36 Å². The number of rotatable bonds is 2. The highest BCUT2D eigenvalue weighted by atomic mass is 35.5. The van der Waals surface area contributed by atoms with E-state index in [9.17, 15) is 4.79 Å². The monoisotopic (exact) mass is 305 g/mol. The summed E-state index contributed by atoms with van der Waals surface area (Å²) in [7, 11) is 0. The smallest absolute Gasteiger partial charge is 0.265 e. The molecule has 2 N–H and O–H groups in total. The number of halogens is 1. The van der Waals surface area contributed by atoms with Crippen LogP contribution >= 0.6 is 22.9 Å². The van der Waals surface area contributed by atoms with E-state index >= 15 is 0 Å². The third-order valence-corrected chi connectivity index (χ3v) is 4.03. The van der Waals surface area contributed by atoms with Gasteiger partial charge in [-0.05, 0) is 24.4 Å². The molecule has 6 heteroatoms. The standard InChI is InChI=1S/C14H12ClN3OS/c1-8(16)11-5-9-3-2-4-10(15)13(9)14(19)18(11)12-6-20-7-17-12/h2-8H,16H2,1H3/t8-/m0/s1. The lowest BCUT2D eigenvalue weighted by Crippen LogP contribution is -2.26. The fraction of sp³-hybridized carbons (Fsp3) is 0.143. The van der Waals surface area contributed by atoms with E-state index in [4.69, 9.17) is 17.3 Å². The van der Waals surface area contributed by atoms with Crippen LogP contribution in [0.1, 0.15) is 18.7 Å². The minimum atomic E-state index is -0.284. The molecule has 2 heterocycles. The van der Waals surface area contributed by atoms with Crippen molar-refractivity contribution in [3.8, 4) is 5.82 Å². The van der Waals surface area contributed by atoms with Crippen molar-refractivity contribution in [2.24, 2.45) is 5.73 Å². The first-order valence-corrected chi connectivity index (χ1v) is 7.40. The van der Waals surface area contributed by atoms with Crippen molar-refractivity contribution in [3.05, 3.63) is 56.2 Å². The van der Waals surface area contributed by atoms with E-state index in [1.165, 1.54) is 15.9 Å². The average molecular weight is 306 g/mol. The third-order valence-electron chi connectivity index (χ3n) is 3.14. The number of nitrogens with zero attached hydrogens (tertiary/aromatic N) is 2. The fourth-order valence-corrected chi connectivity index (χ4v) is 3.01. The maximum absolute atomic E-state index is 12.8. The van der Waals surface area contributed by atoms with Crippen LogP contribution in [0.3, 0.4) is 0 Å². The number of nitrogens with two attached hydrogens (primary N) is 1. The van der Waals surface area contributed by atoms with Gasteiger partial charge in [-0.15, -0.1) is 11.3 Å². The lowest BCUT2D eigenvalue weighted by atomic mass is 10.1. The van der Waals surface area contributed by atoms with Crippen molar-refractivity contribution in [2.75, 3.05) is 0 Å². The molecule has 0 spiro atoms. The summed E-state index contributed by atoms with van der Waals surface area (Å²) in [5.41, 5.74) is 8.22. The zero-order chi connectivity index (χ0) is 14.3. The molecule has 0 saturated heterocycles. The summed E-state index contributed by atoms with van der Waals surface area (Å²) in [6.07, 6.45) is 0. The highest BCUT2D eigenvalue weighted by molar-refractivity contribution is 7.07. The van der Waals surface area contributed by atoms with Gasteiger partial charge in [0.05, 0.1) is 15.9 Å². The summed E-state index contributed by atoms with van der Waals surface area (Å²) in [4.78, 5) is 17.0. The first kappa shape index (κ1) is 13.3. The van der Waals surface area contributed by atoms with E-state index in [-0.39, 0.29) is 11.6 Å². The van der Waals surface area contributed by atoms with E-state index in [1.54, 1.807) is 11.6 Å². The summed E-state index contributed by atoms with van der Waals surface area (Å²) in [5, 5.41) is 3.54. The van der Waals surface area contributed by atoms with E-state index in [1.807, 2.05) is 30.5 Å². The number of hydrogen-bond acceptors (Lipinski definition) is 4. The second-order valence-electron chi connectivity index (χ2n) is 4.55. The number of pyridine rings is 1. The molecule has 3 rings (SSSR count). The van der Waals surface area contributed by atoms with Crippen LogP contribution in [-0.4, -0.2) is 9.55 Å². The molecule has 0 amide bonds. The second-order valence-corrected chi connectivity index (χ2v) is 5.68. The number of thiazole rings is 1. The Morgan fingerprint density at radius 1 is 1.45 bits per heavy atom. The van der Waals surface area contributed by atoms with Crippen LogP contribution in [0.15, 0.2) is 40.0 Å². The van der Waals surface area contributed by atoms with Crippen molar-refractivity contribution >= 4 is 33.7 Å². The fourth-order valence-electron chi connectivity index (χ4n) is 2.23. The van der Waals surface area contributed by atoms with Crippen LogP contribution in [0.2, 0.25) is 5.02 Å². The van der Waals surface area contributed by atoms with Crippen LogP contribution < -0.4 is 11.3 Å². The lowest BCUT2D eigenvalue weighted by molar-refractivity contribution is 0.728. The summed E-state index contributed by atoms with van der Waals surface area (Å²) in [6.45, 7) is 1.84. The van der Waals surface area contributed by atoms with Crippen molar-refractivity contribution < 1.29 is 0 Å². The highest BCUT2D eigenvalue weighted by Gasteiger charge is 2.16. The molecule has 0 bridgehead atoms. The predicted octanol–water partition coefficient (Wildman–Crippen LogP) is 3.12. The Labute approximate surface area is 124 Å². The Bertz CT molecular complexity index is 824. The maximum Gasteiger partial charge on any atom is 0.265 e. The molecular weight excluding hydrogens is 294 g/mol. The number of aromatic nitrogens is 2. The molecule has 0 fully saturated rings. The number of benzene rings is 1. The topological polar surface area (TPSA) is 60.9 Å². The molecule has 0 radical (unpaired) electrons. The zero-order valence-corrected chi connectivity index (χ0v) is 12.3. The molecule has 2 aromatic heterocycles. The highest BCUT2D eigenvalue weighted by Crippen LogP contribution is 2.24. The first-order valence-electron chi connectivity index (χ1n) is 6.08. The molecule has 3 aromatic rings. The van der Waals surface area contributed by atoms with Gasteiger partial charge in [0.25, 0.3) is 5.56 Å². The number of fused-ring (bicyclic) bond motifs is 1. The number of hydrogen-bond donors (Lipinski definition) is 1. The average Bonchev–Trinajstić information content (AvgIpc) is 2.91.